The third kappa shape index (κ3) is 4.48. The van der Waals surface area contributed by atoms with Gasteiger partial charge in [-0.05, 0) is 42.8 Å². The van der Waals surface area contributed by atoms with Gasteiger partial charge in [0.05, 0.1) is 34.6 Å². The van der Waals surface area contributed by atoms with Gasteiger partial charge in [-0.3, -0.25) is 19.8 Å². The molecule has 1 atom stereocenters. The van der Waals surface area contributed by atoms with Gasteiger partial charge in [0, 0.05) is 6.92 Å². The Bertz CT molecular complexity index is 1200. The number of carbonyl (C=O) groups excluding carboxylic acids is 3. The summed E-state index contributed by atoms with van der Waals surface area (Å²) in [5, 5.41) is 5.57. The molecular weight excluding hydrogens is 423 g/mol. The summed E-state index contributed by atoms with van der Waals surface area (Å²) in [6.45, 7) is 3.66. The van der Waals surface area contributed by atoms with Crippen molar-refractivity contribution in [3.05, 3.63) is 53.3 Å². The number of thiazole rings is 1. The molecule has 160 valence electrons. The highest BCUT2D eigenvalue weighted by Crippen LogP contribution is 2.28. The summed E-state index contributed by atoms with van der Waals surface area (Å²) in [6.07, 6.45) is -1.18. The highest BCUT2D eigenvalue weighted by molar-refractivity contribution is 7.22. The number of nitrogens with zero attached hydrogens (tertiary/aromatic N) is 2. The Morgan fingerprint density at radius 2 is 2.10 bits per heavy atom. The summed E-state index contributed by atoms with van der Waals surface area (Å²) >= 11 is 1.31. The number of halogens is 1. The number of nitrogens with one attached hydrogen (secondary N) is 2. The minimum absolute atomic E-state index is 0.162. The largest absolute Gasteiger partial charge is 0.442 e. The van der Waals surface area contributed by atoms with Crippen molar-refractivity contribution in [2.75, 3.05) is 23.3 Å². The van der Waals surface area contributed by atoms with Crippen molar-refractivity contribution in [2.45, 2.75) is 20.0 Å². The Kier molecular flexibility index (Phi) is 5.55. The number of anilines is 2. The number of fused-ring (bicyclic) bond motifs is 1. The van der Waals surface area contributed by atoms with Crippen LogP contribution in [0.2, 0.25) is 0 Å². The van der Waals surface area contributed by atoms with E-state index in [1.54, 1.807) is 0 Å². The van der Waals surface area contributed by atoms with E-state index >= 15 is 0 Å². The first-order valence-corrected chi connectivity index (χ1v) is 10.3. The lowest BCUT2D eigenvalue weighted by atomic mass is 10.1. The number of hydrogen-bond acceptors (Lipinski definition) is 6. The fraction of sp³-hybridized carbons (Fsp3) is 0.238. The molecule has 1 aliphatic heterocycles. The lowest BCUT2D eigenvalue weighted by Gasteiger charge is -2.14. The molecule has 1 unspecified atom stereocenters. The van der Waals surface area contributed by atoms with E-state index in [2.05, 4.69) is 15.6 Å². The van der Waals surface area contributed by atoms with Crippen LogP contribution in [0.4, 0.5) is 20.0 Å². The second-order valence-electron chi connectivity index (χ2n) is 7.16. The molecule has 2 aromatic carbocycles. The quantitative estimate of drug-likeness (QED) is 0.630. The molecule has 1 aliphatic rings. The van der Waals surface area contributed by atoms with Gasteiger partial charge in [0.25, 0.3) is 5.91 Å². The van der Waals surface area contributed by atoms with Gasteiger partial charge in [0.2, 0.25) is 5.91 Å². The number of benzene rings is 2. The van der Waals surface area contributed by atoms with E-state index in [9.17, 15) is 18.8 Å². The van der Waals surface area contributed by atoms with Gasteiger partial charge >= 0.3 is 6.09 Å². The SMILES string of the molecule is CC(=O)NCC1CN(c2ccc(C(=O)Nc3nc4ccc(C)cc4s3)c(F)c2)C(=O)O1. The maximum absolute atomic E-state index is 14.7. The molecule has 4 rings (SSSR count). The molecule has 3 aromatic rings. The second kappa shape index (κ2) is 8.31. The zero-order chi connectivity index (χ0) is 22.1. The zero-order valence-corrected chi connectivity index (χ0v) is 17.6. The molecule has 31 heavy (non-hydrogen) atoms. The minimum atomic E-state index is -0.773. The van der Waals surface area contributed by atoms with Crippen LogP contribution in [0.15, 0.2) is 36.4 Å². The summed E-state index contributed by atoms with van der Waals surface area (Å²) in [4.78, 5) is 41.3. The smallest absolute Gasteiger partial charge is 0.414 e. The van der Waals surface area contributed by atoms with Gasteiger partial charge in [-0.1, -0.05) is 17.4 Å². The molecule has 8 nitrogen and oxygen atoms in total. The number of aromatic nitrogens is 1. The van der Waals surface area contributed by atoms with Crippen molar-refractivity contribution in [2.24, 2.45) is 0 Å². The van der Waals surface area contributed by atoms with E-state index in [-0.39, 0.29) is 30.2 Å². The van der Waals surface area contributed by atoms with E-state index in [0.717, 1.165) is 21.8 Å². The minimum Gasteiger partial charge on any atom is -0.442 e. The van der Waals surface area contributed by atoms with Crippen LogP contribution < -0.4 is 15.5 Å². The van der Waals surface area contributed by atoms with Crippen LogP contribution >= 0.6 is 11.3 Å². The Labute approximate surface area is 181 Å². The standard InChI is InChI=1S/C21H19FN4O4S/c1-11-3-6-17-18(7-11)31-20(24-17)25-19(28)15-5-4-13(8-16(15)22)26-10-14(30-21(26)29)9-23-12(2)27/h3-8,14H,9-10H2,1-2H3,(H,23,27)(H,24,25,28). The molecule has 0 radical (unpaired) electrons. The number of hydrogen-bond donors (Lipinski definition) is 2. The van der Waals surface area contributed by atoms with E-state index < -0.39 is 23.9 Å². The third-order valence-electron chi connectivity index (χ3n) is 4.73. The van der Waals surface area contributed by atoms with Gasteiger partial charge in [0.1, 0.15) is 11.9 Å². The number of amides is 3. The summed E-state index contributed by atoms with van der Waals surface area (Å²) in [6, 6.07) is 9.65. The Hall–Kier alpha value is -3.53. The van der Waals surface area contributed by atoms with Crippen LogP contribution in [0, 0.1) is 12.7 Å². The molecular formula is C21H19FN4O4S. The Morgan fingerprint density at radius 1 is 1.29 bits per heavy atom. The highest BCUT2D eigenvalue weighted by Gasteiger charge is 2.33. The fourth-order valence-electron chi connectivity index (χ4n) is 3.20. The molecule has 3 amide bonds. The van der Waals surface area contributed by atoms with E-state index in [4.69, 9.17) is 4.74 Å². The summed E-state index contributed by atoms with van der Waals surface area (Å²) in [7, 11) is 0. The summed E-state index contributed by atoms with van der Waals surface area (Å²) < 4.78 is 20.8. The van der Waals surface area contributed by atoms with Gasteiger partial charge < -0.3 is 10.1 Å². The Balaban J connectivity index is 1.47. The predicted molar refractivity (Wildman–Crippen MR) is 115 cm³/mol. The fourth-order valence-corrected chi connectivity index (χ4v) is 4.16. The normalized spacial score (nSPS) is 15.8. The first kappa shape index (κ1) is 20.7. The number of rotatable bonds is 5. The summed E-state index contributed by atoms with van der Waals surface area (Å²) in [5.41, 5.74) is 1.93. The lowest BCUT2D eigenvalue weighted by molar-refractivity contribution is -0.119. The molecule has 1 fully saturated rings. The molecule has 0 saturated carbocycles. The first-order chi connectivity index (χ1) is 14.8. The summed E-state index contributed by atoms with van der Waals surface area (Å²) in [5.74, 6) is -1.64. The van der Waals surface area contributed by atoms with Crippen molar-refractivity contribution in [3.63, 3.8) is 0 Å². The second-order valence-corrected chi connectivity index (χ2v) is 8.19. The Morgan fingerprint density at radius 3 is 2.84 bits per heavy atom. The van der Waals surface area contributed by atoms with Gasteiger partial charge in [-0.2, -0.15) is 0 Å². The molecule has 0 spiro atoms. The third-order valence-corrected chi connectivity index (χ3v) is 5.66. The highest BCUT2D eigenvalue weighted by atomic mass is 32.1. The number of carbonyl (C=O) groups is 3. The van der Waals surface area contributed by atoms with Crippen LogP contribution in [-0.4, -0.2) is 42.1 Å². The first-order valence-electron chi connectivity index (χ1n) is 9.51. The molecule has 1 aromatic heterocycles. The van der Waals surface area contributed by atoms with Crippen LogP contribution in [0.25, 0.3) is 10.2 Å². The van der Waals surface area contributed by atoms with Crippen molar-refractivity contribution in [1.29, 1.82) is 0 Å². The van der Waals surface area contributed by atoms with Crippen LogP contribution in [0.1, 0.15) is 22.8 Å². The van der Waals surface area contributed by atoms with Crippen molar-refractivity contribution < 1.29 is 23.5 Å². The number of aryl methyl sites for hydroxylation is 1. The molecule has 2 N–H and O–H groups in total. The van der Waals surface area contributed by atoms with E-state index in [0.29, 0.717) is 5.13 Å². The van der Waals surface area contributed by atoms with Crippen LogP contribution in [0.5, 0.6) is 0 Å². The van der Waals surface area contributed by atoms with Gasteiger partial charge in [0.15, 0.2) is 5.13 Å². The molecule has 10 heteroatoms. The zero-order valence-electron chi connectivity index (χ0n) is 16.8. The molecule has 0 bridgehead atoms. The van der Waals surface area contributed by atoms with E-state index in [1.165, 1.54) is 35.3 Å². The van der Waals surface area contributed by atoms with E-state index in [1.807, 2.05) is 25.1 Å². The maximum Gasteiger partial charge on any atom is 0.414 e. The number of cyclic esters (lactones) is 1. The molecule has 2 heterocycles. The molecule has 0 aliphatic carbocycles. The van der Waals surface area contributed by atoms with Gasteiger partial charge in [-0.15, -0.1) is 0 Å². The predicted octanol–water partition coefficient (Wildman–Crippen LogP) is 3.46. The lowest BCUT2D eigenvalue weighted by Crippen LogP contribution is -2.33. The van der Waals surface area contributed by atoms with Crippen LogP contribution in [-0.2, 0) is 9.53 Å². The average Bonchev–Trinajstić information content (AvgIpc) is 3.28. The monoisotopic (exact) mass is 442 g/mol. The topological polar surface area (TPSA) is 101 Å². The number of ether oxygens (including phenoxy) is 1. The maximum atomic E-state index is 14.7. The van der Waals surface area contributed by atoms with Gasteiger partial charge in [-0.25, -0.2) is 14.2 Å². The van der Waals surface area contributed by atoms with Crippen molar-refractivity contribution in [1.82, 2.24) is 10.3 Å². The average molecular weight is 442 g/mol. The van der Waals surface area contributed by atoms with Crippen LogP contribution in [0.3, 0.4) is 0 Å². The molecule has 1 saturated heterocycles. The van der Waals surface area contributed by atoms with Crippen molar-refractivity contribution in [3.8, 4) is 0 Å². The van der Waals surface area contributed by atoms with Crippen molar-refractivity contribution >= 4 is 50.3 Å².